The van der Waals surface area contributed by atoms with Gasteiger partial charge in [0.2, 0.25) is 0 Å². The van der Waals surface area contributed by atoms with Crippen LogP contribution in [-0.2, 0) is 13.0 Å². The van der Waals surface area contributed by atoms with E-state index in [4.69, 9.17) is 0 Å². The normalized spacial score (nSPS) is 12.7. The number of halogens is 3. The van der Waals surface area contributed by atoms with Crippen LogP contribution >= 0.6 is 15.9 Å². The van der Waals surface area contributed by atoms with Crippen molar-refractivity contribution in [2.45, 2.75) is 26.0 Å². The Hall–Kier alpha value is -1.27. The molecule has 0 aliphatic rings. The second-order valence-corrected chi connectivity index (χ2v) is 4.97. The first-order chi connectivity index (χ1) is 9.04. The Kier molecular flexibility index (Phi) is 4.31. The van der Waals surface area contributed by atoms with Gasteiger partial charge in [-0.3, -0.25) is 4.68 Å². The van der Waals surface area contributed by atoms with Crippen LogP contribution in [0.3, 0.4) is 0 Å². The summed E-state index contributed by atoms with van der Waals surface area (Å²) in [6.07, 6.45) is 0.416. The van der Waals surface area contributed by atoms with Gasteiger partial charge in [-0.2, -0.15) is 5.10 Å². The Morgan fingerprint density at radius 1 is 1.37 bits per heavy atom. The molecule has 1 aromatic heterocycles. The van der Waals surface area contributed by atoms with Crippen LogP contribution in [0.1, 0.15) is 24.3 Å². The van der Waals surface area contributed by atoms with Crippen LogP contribution in [-0.4, -0.2) is 14.9 Å². The molecule has 1 aromatic carbocycles. The van der Waals surface area contributed by atoms with Crippen LogP contribution in [0.25, 0.3) is 0 Å². The molecule has 6 heteroatoms. The fourth-order valence-electron chi connectivity index (χ4n) is 1.94. The minimum absolute atomic E-state index is 0.134. The Balaban J connectivity index is 2.29. The minimum Gasteiger partial charge on any atom is -0.386 e. The summed E-state index contributed by atoms with van der Waals surface area (Å²) in [5.41, 5.74) is 0.409. The fraction of sp³-hybridized carbons (Fsp3) is 0.308. The molecule has 0 saturated carbocycles. The highest BCUT2D eigenvalue weighted by Crippen LogP contribution is 2.26. The van der Waals surface area contributed by atoms with Crippen molar-refractivity contribution in [1.29, 1.82) is 0 Å². The lowest BCUT2D eigenvalue weighted by atomic mass is 10.0. The molecule has 0 spiro atoms. The van der Waals surface area contributed by atoms with E-state index < -0.39 is 17.7 Å². The van der Waals surface area contributed by atoms with Gasteiger partial charge in [0.05, 0.1) is 16.3 Å². The molecule has 1 atom stereocenters. The summed E-state index contributed by atoms with van der Waals surface area (Å²) < 4.78 is 29.2. The second kappa shape index (κ2) is 5.79. The number of hydrogen-bond donors (Lipinski definition) is 1. The Morgan fingerprint density at radius 3 is 2.79 bits per heavy atom. The molecule has 0 bridgehead atoms. The topological polar surface area (TPSA) is 38.0 Å². The number of aromatic nitrogens is 2. The Labute approximate surface area is 118 Å². The molecular weight excluding hydrogens is 318 g/mol. The molecule has 102 valence electrons. The molecule has 2 aromatic rings. The average Bonchev–Trinajstić information content (AvgIpc) is 2.87. The minimum atomic E-state index is -0.999. The first-order valence-corrected chi connectivity index (χ1v) is 6.66. The third-order valence-electron chi connectivity index (χ3n) is 2.93. The largest absolute Gasteiger partial charge is 0.386 e. The van der Waals surface area contributed by atoms with Gasteiger partial charge in [-0.25, -0.2) is 8.78 Å². The molecule has 19 heavy (non-hydrogen) atoms. The van der Waals surface area contributed by atoms with Gasteiger partial charge in [-0.05, 0) is 41.1 Å². The van der Waals surface area contributed by atoms with E-state index in [1.54, 1.807) is 16.9 Å². The lowest BCUT2D eigenvalue weighted by Crippen LogP contribution is -2.12. The average molecular weight is 331 g/mol. The summed E-state index contributed by atoms with van der Waals surface area (Å²) in [7, 11) is 0. The molecule has 2 rings (SSSR count). The van der Waals surface area contributed by atoms with E-state index in [0.29, 0.717) is 12.2 Å². The quantitative estimate of drug-likeness (QED) is 0.874. The van der Waals surface area contributed by atoms with Crippen LogP contribution in [0.5, 0.6) is 0 Å². The van der Waals surface area contributed by atoms with Crippen molar-refractivity contribution < 1.29 is 13.9 Å². The van der Waals surface area contributed by atoms with Gasteiger partial charge < -0.3 is 5.11 Å². The number of aliphatic hydroxyl groups excluding tert-OH is 1. The molecule has 0 radical (unpaired) electrons. The van der Waals surface area contributed by atoms with E-state index in [1.165, 1.54) is 12.1 Å². The van der Waals surface area contributed by atoms with Crippen LogP contribution in [0, 0.1) is 11.6 Å². The van der Waals surface area contributed by atoms with Gasteiger partial charge in [0.15, 0.2) is 0 Å². The van der Waals surface area contributed by atoms with Gasteiger partial charge >= 0.3 is 0 Å². The van der Waals surface area contributed by atoms with E-state index in [0.717, 1.165) is 0 Å². The van der Waals surface area contributed by atoms with Gasteiger partial charge in [0, 0.05) is 24.7 Å². The van der Waals surface area contributed by atoms with E-state index in [1.807, 2.05) is 6.92 Å². The van der Waals surface area contributed by atoms with E-state index in [-0.39, 0.29) is 16.5 Å². The fourth-order valence-corrected chi connectivity index (χ4v) is 2.32. The molecule has 0 amide bonds. The van der Waals surface area contributed by atoms with E-state index in [2.05, 4.69) is 21.0 Å². The summed E-state index contributed by atoms with van der Waals surface area (Å²) >= 11 is 3.01. The number of rotatable bonds is 4. The maximum atomic E-state index is 13.8. The Morgan fingerprint density at radius 2 is 2.11 bits per heavy atom. The zero-order valence-electron chi connectivity index (χ0n) is 10.3. The van der Waals surface area contributed by atoms with Crippen molar-refractivity contribution in [1.82, 2.24) is 9.78 Å². The monoisotopic (exact) mass is 330 g/mol. The zero-order chi connectivity index (χ0) is 14.0. The van der Waals surface area contributed by atoms with Gasteiger partial charge in [0.25, 0.3) is 0 Å². The van der Waals surface area contributed by atoms with Crippen LogP contribution in [0.4, 0.5) is 8.78 Å². The van der Waals surface area contributed by atoms with Crippen molar-refractivity contribution in [3.8, 4) is 0 Å². The number of aryl methyl sites for hydroxylation is 1. The first-order valence-electron chi connectivity index (χ1n) is 5.86. The number of benzene rings is 1. The first kappa shape index (κ1) is 14.1. The highest BCUT2D eigenvalue weighted by molar-refractivity contribution is 9.10. The molecule has 0 fully saturated rings. The summed E-state index contributed by atoms with van der Waals surface area (Å²) in [5, 5.41) is 14.1. The van der Waals surface area contributed by atoms with Crippen molar-refractivity contribution >= 4 is 15.9 Å². The van der Waals surface area contributed by atoms with E-state index >= 15 is 0 Å². The predicted octanol–water partition coefficient (Wildman–Crippen LogP) is 3.22. The highest BCUT2D eigenvalue weighted by atomic mass is 79.9. The summed E-state index contributed by atoms with van der Waals surface area (Å²) in [5.74, 6) is -1.34. The third-order valence-corrected chi connectivity index (χ3v) is 3.54. The number of nitrogens with zero attached hydrogens (tertiary/aromatic N) is 2. The lowest BCUT2D eigenvalue weighted by molar-refractivity contribution is 0.164. The molecule has 0 aliphatic carbocycles. The standard InChI is InChI=1S/C13H13BrF2N2O/c1-2-18-11(5-6-17-18)12(19)7-8-10(15)4-3-9(14)13(8)16/h3-6,12,19H,2,7H2,1H3. The molecular formula is C13H13BrF2N2O. The van der Waals surface area contributed by atoms with Crippen LogP contribution < -0.4 is 0 Å². The molecule has 1 unspecified atom stereocenters. The second-order valence-electron chi connectivity index (χ2n) is 4.11. The maximum Gasteiger partial charge on any atom is 0.143 e. The summed E-state index contributed by atoms with van der Waals surface area (Å²) in [6.45, 7) is 2.46. The molecule has 0 aliphatic heterocycles. The Bertz CT molecular complexity index is 586. The van der Waals surface area contributed by atoms with Crippen molar-refractivity contribution in [2.75, 3.05) is 0 Å². The van der Waals surface area contributed by atoms with Crippen LogP contribution in [0.2, 0.25) is 0 Å². The highest BCUT2D eigenvalue weighted by Gasteiger charge is 2.19. The lowest BCUT2D eigenvalue weighted by Gasteiger charge is -2.14. The third kappa shape index (κ3) is 2.84. The van der Waals surface area contributed by atoms with E-state index in [9.17, 15) is 13.9 Å². The van der Waals surface area contributed by atoms with Gasteiger partial charge in [0.1, 0.15) is 11.6 Å². The smallest absolute Gasteiger partial charge is 0.143 e. The van der Waals surface area contributed by atoms with Crippen LogP contribution in [0.15, 0.2) is 28.9 Å². The van der Waals surface area contributed by atoms with Gasteiger partial charge in [-0.15, -0.1) is 0 Å². The van der Waals surface area contributed by atoms with Gasteiger partial charge in [-0.1, -0.05) is 0 Å². The predicted molar refractivity (Wildman–Crippen MR) is 70.6 cm³/mol. The SMILES string of the molecule is CCn1nccc1C(O)Cc1c(F)ccc(Br)c1F. The summed E-state index contributed by atoms with van der Waals surface area (Å²) in [6, 6.07) is 4.12. The van der Waals surface area contributed by atoms with Crippen molar-refractivity contribution in [3.63, 3.8) is 0 Å². The molecule has 3 nitrogen and oxygen atoms in total. The molecule has 1 N–H and O–H groups in total. The molecule has 1 heterocycles. The van der Waals surface area contributed by atoms with Crippen molar-refractivity contribution in [2.24, 2.45) is 0 Å². The van der Waals surface area contributed by atoms with Crippen molar-refractivity contribution in [3.05, 3.63) is 51.8 Å². The molecule has 0 saturated heterocycles. The number of hydrogen-bond acceptors (Lipinski definition) is 2. The number of aliphatic hydroxyl groups is 1. The summed E-state index contributed by atoms with van der Waals surface area (Å²) in [4.78, 5) is 0. The zero-order valence-corrected chi connectivity index (χ0v) is 11.9. The maximum absolute atomic E-state index is 13.8.